The molecule has 0 bridgehead atoms. The van der Waals surface area contributed by atoms with Crippen LogP contribution in [0.4, 0.5) is 8.78 Å². The lowest BCUT2D eigenvalue weighted by atomic mass is 10.2. The summed E-state index contributed by atoms with van der Waals surface area (Å²) >= 11 is 5.34. The van der Waals surface area contributed by atoms with Gasteiger partial charge >= 0.3 is 0 Å². The molecule has 0 fully saturated rings. The van der Waals surface area contributed by atoms with E-state index in [9.17, 15) is 13.6 Å². The van der Waals surface area contributed by atoms with E-state index in [-0.39, 0.29) is 10.6 Å². The number of hydrogen-bond acceptors (Lipinski definition) is 1. The van der Waals surface area contributed by atoms with Crippen molar-refractivity contribution in [3.63, 3.8) is 0 Å². The molecule has 5 heteroatoms. The first-order chi connectivity index (χ1) is 5.41. The van der Waals surface area contributed by atoms with E-state index >= 15 is 0 Å². The first-order valence-corrected chi connectivity index (χ1v) is 3.55. The maximum Gasteiger partial charge on any atom is 0.271 e. The van der Waals surface area contributed by atoms with Gasteiger partial charge in [0.2, 0.25) is 0 Å². The average Bonchev–Trinajstić information content (AvgIpc) is 1.92. The number of halogens is 3. The molecular formula is C7H6ClF2NO. The highest BCUT2D eigenvalue weighted by Gasteiger charge is 2.24. The van der Waals surface area contributed by atoms with Gasteiger partial charge in [-0.15, -0.1) is 0 Å². The molecule has 0 atom stereocenters. The van der Waals surface area contributed by atoms with Crippen molar-refractivity contribution < 1.29 is 8.78 Å². The fraction of sp³-hybridized carbons (Fsp3) is 0.286. The number of alkyl halides is 2. The Labute approximate surface area is 72.2 Å². The maximum absolute atomic E-state index is 12.6. The highest BCUT2D eigenvalue weighted by atomic mass is 35.5. The van der Waals surface area contributed by atoms with Gasteiger partial charge in [-0.3, -0.25) is 4.79 Å². The van der Waals surface area contributed by atoms with Gasteiger partial charge in [0.1, 0.15) is 5.02 Å². The Morgan fingerprint density at radius 3 is 2.58 bits per heavy atom. The van der Waals surface area contributed by atoms with Gasteiger partial charge in [0, 0.05) is 18.7 Å². The second kappa shape index (κ2) is 2.86. The number of hydrogen-bond donors (Lipinski definition) is 1. The molecule has 0 saturated carbocycles. The van der Waals surface area contributed by atoms with Crippen LogP contribution in [-0.2, 0) is 5.92 Å². The zero-order chi connectivity index (χ0) is 9.35. The predicted octanol–water partition coefficient (Wildman–Crippen LogP) is 2.14. The summed E-state index contributed by atoms with van der Waals surface area (Å²) in [6.45, 7) is 0.733. The van der Waals surface area contributed by atoms with Crippen molar-refractivity contribution in [2.45, 2.75) is 12.8 Å². The van der Waals surface area contributed by atoms with E-state index in [0.717, 1.165) is 19.2 Å². The zero-order valence-electron chi connectivity index (χ0n) is 6.20. The number of rotatable bonds is 1. The summed E-state index contributed by atoms with van der Waals surface area (Å²) in [5, 5.41) is -0.228. The Kier molecular flexibility index (Phi) is 2.19. The van der Waals surface area contributed by atoms with Gasteiger partial charge in [0.25, 0.3) is 11.5 Å². The van der Waals surface area contributed by atoms with Crippen molar-refractivity contribution in [3.05, 3.63) is 33.2 Å². The van der Waals surface area contributed by atoms with E-state index in [1.165, 1.54) is 0 Å². The molecular weight excluding hydrogens is 188 g/mol. The fourth-order valence-corrected chi connectivity index (χ4v) is 0.882. The molecule has 0 aliphatic carbocycles. The van der Waals surface area contributed by atoms with Crippen LogP contribution in [0, 0.1) is 0 Å². The summed E-state index contributed by atoms with van der Waals surface area (Å²) in [6.07, 6.45) is 0.953. The predicted molar refractivity (Wildman–Crippen MR) is 41.6 cm³/mol. The zero-order valence-corrected chi connectivity index (χ0v) is 6.95. The van der Waals surface area contributed by atoms with Crippen molar-refractivity contribution in [1.82, 2.24) is 4.98 Å². The molecule has 66 valence electrons. The van der Waals surface area contributed by atoms with Crippen molar-refractivity contribution in [3.8, 4) is 0 Å². The SMILES string of the molecule is CC(F)(F)c1c[nH]c(=O)c(Cl)c1. The van der Waals surface area contributed by atoms with E-state index in [2.05, 4.69) is 4.98 Å². The van der Waals surface area contributed by atoms with Crippen LogP contribution in [0.15, 0.2) is 17.1 Å². The van der Waals surface area contributed by atoms with E-state index in [4.69, 9.17) is 11.6 Å². The maximum atomic E-state index is 12.6. The number of nitrogens with one attached hydrogen (secondary N) is 1. The Bertz CT molecular complexity index is 342. The number of aromatic nitrogens is 1. The molecule has 1 rings (SSSR count). The third-order valence-electron chi connectivity index (χ3n) is 1.36. The third-order valence-corrected chi connectivity index (χ3v) is 1.65. The molecule has 2 nitrogen and oxygen atoms in total. The summed E-state index contributed by atoms with van der Waals surface area (Å²) < 4.78 is 25.2. The monoisotopic (exact) mass is 193 g/mol. The lowest BCUT2D eigenvalue weighted by molar-refractivity contribution is 0.0171. The van der Waals surface area contributed by atoms with Crippen LogP contribution in [-0.4, -0.2) is 4.98 Å². The summed E-state index contributed by atoms with van der Waals surface area (Å²) in [5.74, 6) is -2.98. The minimum Gasteiger partial charge on any atom is -0.327 e. The minimum absolute atomic E-state index is 0.228. The number of H-pyrrole nitrogens is 1. The summed E-state index contributed by atoms with van der Waals surface area (Å²) in [7, 11) is 0. The molecule has 12 heavy (non-hydrogen) atoms. The molecule has 0 amide bonds. The Hall–Kier alpha value is -0.900. The van der Waals surface area contributed by atoms with Gasteiger partial charge in [-0.1, -0.05) is 11.6 Å². The van der Waals surface area contributed by atoms with Gasteiger partial charge < -0.3 is 4.98 Å². The largest absolute Gasteiger partial charge is 0.327 e. The second-order valence-corrected chi connectivity index (χ2v) is 2.86. The normalized spacial score (nSPS) is 11.7. The molecule has 1 heterocycles. The smallest absolute Gasteiger partial charge is 0.271 e. The van der Waals surface area contributed by atoms with Crippen molar-refractivity contribution in [2.75, 3.05) is 0 Å². The molecule has 0 aliphatic rings. The molecule has 0 aromatic carbocycles. The van der Waals surface area contributed by atoms with Gasteiger partial charge in [0.15, 0.2) is 0 Å². The van der Waals surface area contributed by atoms with Crippen LogP contribution >= 0.6 is 11.6 Å². The third kappa shape index (κ3) is 1.82. The summed E-state index contributed by atoms with van der Waals surface area (Å²) in [5.41, 5.74) is -0.864. The molecule has 0 saturated heterocycles. The van der Waals surface area contributed by atoms with Crippen LogP contribution in [0.2, 0.25) is 5.02 Å². The van der Waals surface area contributed by atoms with Gasteiger partial charge in [-0.25, -0.2) is 8.78 Å². The van der Waals surface area contributed by atoms with Crippen LogP contribution < -0.4 is 5.56 Å². The number of aromatic amines is 1. The standard InChI is InChI=1S/C7H6ClF2NO/c1-7(9,10)4-2-5(8)6(12)11-3-4/h2-3H,1H3,(H,11,12). The minimum atomic E-state index is -2.98. The first-order valence-electron chi connectivity index (χ1n) is 3.18. The van der Waals surface area contributed by atoms with Crippen LogP contribution in [0.1, 0.15) is 12.5 Å². The quantitative estimate of drug-likeness (QED) is 0.728. The Balaban J connectivity index is 3.23. The summed E-state index contributed by atoms with van der Waals surface area (Å²) in [6, 6.07) is 0.959. The first kappa shape index (κ1) is 9.19. The molecule has 0 spiro atoms. The highest BCUT2D eigenvalue weighted by molar-refractivity contribution is 6.30. The molecule has 1 aromatic rings. The van der Waals surface area contributed by atoms with Crippen LogP contribution in [0.3, 0.4) is 0 Å². The molecule has 1 aromatic heterocycles. The van der Waals surface area contributed by atoms with E-state index in [1.54, 1.807) is 0 Å². The average molecular weight is 194 g/mol. The van der Waals surface area contributed by atoms with Crippen molar-refractivity contribution in [1.29, 1.82) is 0 Å². The topological polar surface area (TPSA) is 32.9 Å². The second-order valence-electron chi connectivity index (χ2n) is 2.45. The van der Waals surface area contributed by atoms with Crippen molar-refractivity contribution in [2.24, 2.45) is 0 Å². The Morgan fingerprint density at radius 1 is 1.58 bits per heavy atom. The van der Waals surface area contributed by atoms with E-state index in [0.29, 0.717) is 0 Å². The molecule has 0 radical (unpaired) electrons. The lowest BCUT2D eigenvalue weighted by Crippen LogP contribution is -2.13. The van der Waals surface area contributed by atoms with Crippen LogP contribution in [0.25, 0.3) is 0 Å². The van der Waals surface area contributed by atoms with Gasteiger partial charge in [-0.2, -0.15) is 0 Å². The summed E-state index contributed by atoms with van der Waals surface area (Å²) in [4.78, 5) is 12.8. The lowest BCUT2D eigenvalue weighted by Gasteiger charge is -2.09. The molecule has 0 unspecified atom stereocenters. The van der Waals surface area contributed by atoms with Crippen molar-refractivity contribution >= 4 is 11.6 Å². The Morgan fingerprint density at radius 2 is 2.17 bits per heavy atom. The van der Waals surface area contributed by atoms with Gasteiger partial charge in [-0.05, 0) is 6.07 Å². The van der Waals surface area contributed by atoms with Gasteiger partial charge in [0.05, 0.1) is 0 Å². The molecule has 0 aliphatic heterocycles. The van der Waals surface area contributed by atoms with E-state index in [1.807, 2.05) is 0 Å². The molecule has 1 N–H and O–H groups in total. The van der Waals surface area contributed by atoms with Crippen LogP contribution in [0.5, 0.6) is 0 Å². The fourth-order valence-electron chi connectivity index (χ4n) is 0.709. The highest BCUT2D eigenvalue weighted by Crippen LogP contribution is 2.26. The number of pyridine rings is 1. The van der Waals surface area contributed by atoms with E-state index < -0.39 is 11.5 Å².